The number of halogens is 1. The van der Waals surface area contributed by atoms with E-state index in [9.17, 15) is 14.0 Å². The van der Waals surface area contributed by atoms with Crippen molar-refractivity contribution in [2.24, 2.45) is 0 Å². The highest BCUT2D eigenvalue weighted by molar-refractivity contribution is 5.99. The summed E-state index contributed by atoms with van der Waals surface area (Å²) >= 11 is 0. The second-order valence-corrected chi connectivity index (χ2v) is 6.67. The molecule has 0 fully saturated rings. The number of hydrogen-bond donors (Lipinski definition) is 0. The van der Waals surface area contributed by atoms with Crippen LogP contribution in [0.25, 0.3) is 0 Å². The third kappa shape index (κ3) is 3.94. The van der Waals surface area contributed by atoms with Crippen molar-refractivity contribution >= 4 is 17.6 Å². The number of carbonyl (C=O) groups excluding carboxylic acids is 2. The summed E-state index contributed by atoms with van der Waals surface area (Å²) in [6.07, 6.45) is -0.271. The van der Waals surface area contributed by atoms with Crippen molar-refractivity contribution in [2.45, 2.75) is 38.8 Å². The minimum atomic E-state index is -0.922. The van der Waals surface area contributed by atoms with Crippen LogP contribution in [0.3, 0.4) is 0 Å². The zero-order chi connectivity index (χ0) is 19.6. The molecule has 0 unspecified atom stereocenters. The summed E-state index contributed by atoms with van der Waals surface area (Å²) in [6, 6.07) is 12.0. The van der Waals surface area contributed by atoms with Gasteiger partial charge in [0.2, 0.25) is 0 Å². The Balaban J connectivity index is 1.64. The predicted molar refractivity (Wildman–Crippen MR) is 99.3 cm³/mol. The maximum absolute atomic E-state index is 13.7. The van der Waals surface area contributed by atoms with Crippen molar-refractivity contribution < 1.29 is 23.5 Å². The molecule has 2 atom stereocenters. The molecule has 0 saturated carbocycles. The Bertz CT molecular complexity index is 867. The maximum atomic E-state index is 13.7. The van der Waals surface area contributed by atoms with E-state index in [0.29, 0.717) is 5.56 Å². The van der Waals surface area contributed by atoms with E-state index in [0.717, 1.165) is 17.7 Å². The summed E-state index contributed by atoms with van der Waals surface area (Å²) in [7, 11) is 1.37. The third-order valence-electron chi connectivity index (χ3n) is 4.67. The number of amides is 1. The lowest BCUT2D eigenvalue weighted by Crippen LogP contribution is -2.43. The molecule has 2 aromatic rings. The topological polar surface area (TPSA) is 55.8 Å². The highest BCUT2D eigenvalue weighted by atomic mass is 19.1. The van der Waals surface area contributed by atoms with E-state index in [1.54, 1.807) is 17.9 Å². The van der Waals surface area contributed by atoms with Crippen molar-refractivity contribution in [1.29, 1.82) is 0 Å². The number of esters is 1. The zero-order valence-electron chi connectivity index (χ0n) is 15.6. The number of benzene rings is 2. The van der Waals surface area contributed by atoms with E-state index >= 15 is 0 Å². The van der Waals surface area contributed by atoms with E-state index in [1.165, 1.54) is 19.2 Å². The van der Waals surface area contributed by atoms with E-state index in [-0.39, 0.29) is 24.1 Å². The zero-order valence-corrected chi connectivity index (χ0v) is 15.6. The molecule has 0 saturated heterocycles. The van der Waals surface area contributed by atoms with Crippen LogP contribution < -0.4 is 9.64 Å². The number of fused-ring (bicyclic) bond motifs is 1. The molecule has 0 spiro atoms. The van der Waals surface area contributed by atoms with Gasteiger partial charge in [-0.05, 0) is 49.6 Å². The van der Waals surface area contributed by atoms with Gasteiger partial charge in [-0.1, -0.05) is 24.3 Å². The lowest BCUT2D eigenvalue weighted by Gasteiger charge is -2.26. The molecule has 3 rings (SSSR count). The van der Waals surface area contributed by atoms with Gasteiger partial charge in [0, 0.05) is 11.7 Å². The summed E-state index contributed by atoms with van der Waals surface area (Å²) in [5.74, 6) is -1.28. The summed E-state index contributed by atoms with van der Waals surface area (Å²) in [6.45, 7) is 3.52. The normalized spacial score (nSPS) is 16.6. The molecule has 6 heteroatoms. The highest BCUT2D eigenvalue weighted by Crippen LogP contribution is 2.32. The second-order valence-electron chi connectivity index (χ2n) is 6.67. The lowest BCUT2D eigenvalue weighted by molar-refractivity contribution is -0.153. The third-order valence-corrected chi connectivity index (χ3v) is 4.67. The standard InChI is InChI=1S/C21H22FNO4/c1-13-10-16-6-4-5-7-18(16)23(13)21(25)14(2)27-20(24)12-15-8-9-19(26-3)17(22)11-15/h4-9,11,13-14H,10,12H2,1-3H3/t13-,14+/m0/s1. The minimum Gasteiger partial charge on any atom is -0.494 e. The van der Waals surface area contributed by atoms with E-state index in [4.69, 9.17) is 9.47 Å². The van der Waals surface area contributed by atoms with E-state index < -0.39 is 17.9 Å². The van der Waals surface area contributed by atoms with E-state index in [2.05, 4.69) is 0 Å². The summed E-state index contributed by atoms with van der Waals surface area (Å²) in [5, 5.41) is 0. The molecule has 2 aromatic carbocycles. The molecule has 1 aliphatic rings. The summed E-state index contributed by atoms with van der Waals surface area (Å²) in [4.78, 5) is 26.7. The van der Waals surface area contributed by atoms with Crippen LogP contribution in [0.1, 0.15) is 25.0 Å². The first-order chi connectivity index (χ1) is 12.9. The number of hydrogen-bond acceptors (Lipinski definition) is 4. The fraction of sp³-hybridized carbons (Fsp3) is 0.333. The van der Waals surface area contributed by atoms with Gasteiger partial charge in [-0.25, -0.2) is 4.39 Å². The minimum absolute atomic E-state index is 0.00624. The average Bonchev–Trinajstić information content (AvgIpc) is 2.96. The smallest absolute Gasteiger partial charge is 0.311 e. The van der Waals surface area contributed by atoms with Gasteiger partial charge in [0.15, 0.2) is 17.7 Å². The van der Waals surface area contributed by atoms with Crippen LogP contribution in [-0.2, 0) is 27.2 Å². The molecule has 1 amide bonds. The van der Waals surface area contributed by atoms with Crippen LogP contribution in [0.15, 0.2) is 42.5 Å². The van der Waals surface area contributed by atoms with Crippen LogP contribution in [0.2, 0.25) is 0 Å². The lowest BCUT2D eigenvalue weighted by atomic mass is 10.1. The number of ether oxygens (including phenoxy) is 2. The number of carbonyl (C=O) groups is 2. The monoisotopic (exact) mass is 371 g/mol. The molecule has 5 nitrogen and oxygen atoms in total. The Labute approximate surface area is 157 Å². The fourth-order valence-corrected chi connectivity index (χ4v) is 3.37. The van der Waals surface area contributed by atoms with Crippen molar-refractivity contribution in [3.8, 4) is 5.75 Å². The first kappa shape index (κ1) is 18.9. The van der Waals surface area contributed by atoms with Crippen molar-refractivity contribution in [3.05, 3.63) is 59.4 Å². The molecule has 0 aromatic heterocycles. The van der Waals surface area contributed by atoms with Crippen molar-refractivity contribution in [1.82, 2.24) is 0 Å². The molecule has 27 heavy (non-hydrogen) atoms. The van der Waals surface area contributed by atoms with Gasteiger partial charge in [0.25, 0.3) is 5.91 Å². The molecule has 1 aliphatic heterocycles. The van der Waals surface area contributed by atoms with Gasteiger partial charge >= 0.3 is 5.97 Å². The number of rotatable bonds is 5. The molecule has 0 radical (unpaired) electrons. The maximum Gasteiger partial charge on any atom is 0.311 e. The van der Waals surface area contributed by atoms with Gasteiger partial charge in [0.05, 0.1) is 13.5 Å². The number of anilines is 1. The van der Waals surface area contributed by atoms with Crippen LogP contribution in [0.4, 0.5) is 10.1 Å². The second kappa shape index (κ2) is 7.78. The predicted octanol–water partition coefficient (Wildman–Crippen LogP) is 3.29. The summed E-state index contributed by atoms with van der Waals surface area (Å²) < 4.78 is 23.9. The fourth-order valence-electron chi connectivity index (χ4n) is 3.37. The largest absolute Gasteiger partial charge is 0.494 e. The van der Waals surface area contributed by atoms with Gasteiger partial charge < -0.3 is 14.4 Å². The Morgan fingerprint density at radius 3 is 2.70 bits per heavy atom. The Morgan fingerprint density at radius 1 is 1.26 bits per heavy atom. The summed E-state index contributed by atoms with van der Waals surface area (Å²) in [5.41, 5.74) is 2.42. The van der Waals surface area contributed by atoms with Crippen molar-refractivity contribution in [2.75, 3.05) is 12.0 Å². The number of para-hydroxylation sites is 1. The van der Waals surface area contributed by atoms with Gasteiger partial charge in [-0.3, -0.25) is 9.59 Å². The molecular weight excluding hydrogens is 349 g/mol. The molecule has 1 heterocycles. The Hall–Kier alpha value is -2.89. The first-order valence-corrected chi connectivity index (χ1v) is 8.83. The van der Waals surface area contributed by atoms with Crippen LogP contribution >= 0.6 is 0 Å². The SMILES string of the molecule is COc1ccc(CC(=O)O[C@H](C)C(=O)N2c3ccccc3C[C@@H]2C)cc1F. The molecule has 0 bridgehead atoms. The first-order valence-electron chi connectivity index (χ1n) is 8.83. The Morgan fingerprint density at radius 2 is 2.00 bits per heavy atom. The van der Waals surface area contributed by atoms with Crippen LogP contribution in [0.5, 0.6) is 5.75 Å². The van der Waals surface area contributed by atoms with Gasteiger partial charge in [-0.15, -0.1) is 0 Å². The van der Waals surface area contributed by atoms with Crippen LogP contribution in [-0.4, -0.2) is 31.1 Å². The van der Waals surface area contributed by atoms with Gasteiger partial charge in [-0.2, -0.15) is 0 Å². The molecule has 0 N–H and O–H groups in total. The molecule has 142 valence electrons. The number of nitrogens with zero attached hydrogens (tertiary/aromatic N) is 1. The molecule has 0 aliphatic carbocycles. The molecular formula is C21H22FNO4. The van der Waals surface area contributed by atoms with Gasteiger partial charge in [0.1, 0.15) is 0 Å². The van der Waals surface area contributed by atoms with E-state index in [1.807, 2.05) is 31.2 Å². The van der Waals surface area contributed by atoms with Crippen LogP contribution in [0, 0.1) is 5.82 Å². The Kier molecular flexibility index (Phi) is 5.44. The average molecular weight is 371 g/mol. The van der Waals surface area contributed by atoms with Crippen molar-refractivity contribution in [3.63, 3.8) is 0 Å². The quantitative estimate of drug-likeness (QED) is 0.757. The number of methoxy groups -OCH3 is 1. The highest BCUT2D eigenvalue weighted by Gasteiger charge is 2.34.